The van der Waals surface area contributed by atoms with Crippen LogP contribution in [0.1, 0.15) is 12.8 Å². The molecular formula is C17H22N2O3S. The van der Waals surface area contributed by atoms with Crippen molar-refractivity contribution in [1.82, 2.24) is 5.32 Å². The van der Waals surface area contributed by atoms with Gasteiger partial charge >= 0.3 is 0 Å². The maximum absolute atomic E-state index is 10.9. The topological polar surface area (TPSA) is 65.0 Å². The van der Waals surface area contributed by atoms with E-state index < -0.39 is 16.2 Å². The number of hydrogen-bond acceptors (Lipinski definition) is 5. The molecule has 0 spiro atoms. The van der Waals surface area contributed by atoms with Crippen LogP contribution in [-0.2, 0) is 0 Å². The second kappa shape index (κ2) is 6.80. The molecule has 0 aliphatic carbocycles. The number of rotatable bonds is 5. The lowest BCUT2D eigenvalue weighted by Crippen LogP contribution is -2.39. The van der Waals surface area contributed by atoms with Crippen LogP contribution in [0, 0.1) is 0 Å². The van der Waals surface area contributed by atoms with Crippen LogP contribution < -0.4 is 14.4 Å². The average Bonchev–Trinajstić information content (AvgIpc) is 2.56. The van der Waals surface area contributed by atoms with E-state index in [4.69, 9.17) is 4.74 Å². The van der Waals surface area contributed by atoms with Crippen LogP contribution in [0.5, 0.6) is 5.75 Å². The van der Waals surface area contributed by atoms with Crippen molar-refractivity contribution in [3.8, 4) is 5.75 Å². The van der Waals surface area contributed by atoms with Gasteiger partial charge in [-0.05, 0) is 44.3 Å². The molecule has 0 saturated carbocycles. The van der Waals surface area contributed by atoms with Gasteiger partial charge in [-0.25, -0.2) is 4.31 Å². The summed E-state index contributed by atoms with van der Waals surface area (Å²) in [6.07, 6.45) is 1.38. The normalized spacial score (nSPS) is 20.5. The van der Waals surface area contributed by atoms with Crippen molar-refractivity contribution in [2.24, 2.45) is 0 Å². The fraction of sp³-hybridized carbons (Fsp3) is 0.294. The minimum atomic E-state index is -3.13. The number of ether oxygens (including phenoxy) is 1. The first-order valence-electron chi connectivity index (χ1n) is 7.67. The summed E-state index contributed by atoms with van der Waals surface area (Å²) in [6, 6.07) is 16.9. The molecule has 1 aliphatic heterocycles. The van der Waals surface area contributed by atoms with Crippen molar-refractivity contribution in [3.05, 3.63) is 54.6 Å². The molecule has 2 aromatic carbocycles. The Balaban J connectivity index is 2.00. The van der Waals surface area contributed by atoms with Gasteiger partial charge in [0.05, 0.1) is 5.69 Å². The van der Waals surface area contributed by atoms with Gasteiger partial charge in [-0.3, -0.25) is 9.11 Å². The summed E-state index contributed by atoms with van der Waals surface area (Å²) in [5, 5.41) is 3.07. The van der Waals surface area contributed by atoms with E-state index in [0.717, 1.165) is 18.7 Å². The Morgan fingerprint density at radius 1 is 1.09 bits per heavy atom. The summed E-state index contributed by atoms with van der Waals surface area (Å²) in [7, 11) is -1.25. The number of nitrogens with zero attached hydrogens (tertiary/aromatic N) is 1. The number of nitrogens with one attached hydrogen (secondary N) is 1. The lowest BCUT2D eigenvalue weighted by Gasteiger charge is -2.51. The Bertz CT molecular complexity index is 651. The van der Waals surface area contributed by atoms with Crippen molar-refractivity contribution in [1.29, 1.82) is 0 Å². The third-order valence-electron chi connectivity index (χ3n) is 3.82. The van der Waals surface area contributed by atoms with Crippen LogP contribution >= 0.6 is 10.8 Å². The molecule has 23 heavy (non-hydrogen) atoms. The SMILES string of the molecule is CNCCC[C@H]1Oc2ccccc2N(c2ccccc2)S1(O)O. The summed E-state index contributed by atoms with van der Waals surface area (Å²) in [5.41, 5.74) is 0.788. The highest BCUT2D eigenvalue weighted by atomic mass is 32.3. The molecule has 5 nitrogen and oxygen atoms in total. The molecule has 0 radical (unpaired) electrons. The Hall–Kier alpha value is -1.73. The predicted molar refractivity (Wildman–Crippen MR) is 95.4 cm³/mol. The molecular weight excluding hydrogens is 312 g/mol. The quantitative estimate of drug-likeness (QED) is 0.715. The monoisotopic (exact) mass is 334 g/mol. The van der Waals surface area contributed by atoms with E-state index in [9.17, 15) is 9.11 Å². The Kier molecular flexibility index (Phi) is 4.77. The maximum atomic E-state index is 10.9. The standard InChI is InChI=1S/C17H22N2O3S/c1-18-13-7-12-17-22-16-11-6-5-10-15(16)19(23(17,20)21)14-8-3-2-4-9-14/h2-6,8-11,17-18,20-21H,7,12-13H2,1H3/t17-/m0/s1. The number of para-hydroxylation sites is 3. The van der Waals surface area contributed by atoms with Gasteiger partial charge in [0, 0.05) is 6.42 Å². The minimum Gasteiger partial charge on any atom is -0.467 e. The van der Waals surface area contributed by atoms with Crippen molar-refractivity contribution in [2.75, 3.05) is 17.9 Å². The number of benzene rings is 2. The van der Waals surface area contributed by atoms with E-state index in [0.29, 0.717) is 17.9 Å². The molecule has 3 N–H and O–H groups in total. The van der Waals surface area contributed by atoms with Crippen LogP contribution in [0.2, 0.25) is 0 Å². The maximum Gasteiger partial charge on any atom is 0.206 e. The van der Waals surface area contributed by atoms with E-state index >= 15 is 0 Å². The molecule has 0 aromatic heterocycles. The Morgan fingerprint density at radius 3 is 2.52 bits per heavy atom. The Morgan fingerprint density at radius 2 is 1.78 bits per heavy atom. The van der Waals surface area contributed by atoms with Gasteiger partial charge in [-0.2, -0.15) is 0 Å². The van der Waals surface area contributed by atoms with Crippen LogP contribution in [0.3, 0.4) is 0 Å². The molecule has 0 bridgehead atoms. The number of anilines is 2. The lowest BCUT2D eigenvalue weighted by molar-refractivity contribution is 0.235. The van der Waals surface area contributed by atoms with Gasteiger partial charge in [0.2, 0.25) is 5.44 Å². The summed E-state index contributed by atoms with van der Waals surface area (Å²) in [5.74, 6) is 0.678. The zero-order valence-corrected chi connectivity index (χ0v) is 13.9. The van der Waals surface area contributed by atoms with Gasteiger partial charge in [0.1, 0.15) is 11.4 Å². The van der Waals surface area contributed by atoms with E-state index in [1.54, 1.807) is 4.31 Å². The van der Waals surface area contributed by atoms with Gasteiger partial charge < -0.3 is 10.1 Å². The molecule has 1 aliphatic rings. The first-order chi connectivity index (χ1) is 11.1. The summed E-state index contributed by atoms with van der Waals surface area (Å²) < 4.78 is 29.4. The lowest BCUT2D eigenvalue weighted by atomic mass is 10.2. The van der Waals surface area contributed by atoms with Crippen molar-refractivity contribution in [3.63, 3.8) is 0 Å². The molecule has 2 aromatic rings. The molecule has 3 rings (SSSR count). The fourth-order valence-electron chi connectivity index (χ4n) is 2.71. The van der Waals surface area contributed by atoms with Crippen molar-refractivity contribution < 1.29 is 13.8 Å². The molecule has 0 fully saturated rings. The number of hydrogen-bond donors (Lipinski definition) is 3. The molecule has 0 saturated heterocycles. The molecule has 6 heteroatoms. The van der Waals surface area contributed by atoms with Gasteiger partial charge in [-0.1, -0.05) is 41.1 Å². The van der Waals surface area contributed by atoms with E-state index in [1.165, 1.54) is 0 Å². The summed E-state index contributed by atoms with van der Waals surface area (Å²) in [6.45, 7) is 0.808. The molecule has 0 unspecified atom stereocenters. The number of fused-ring (bicyclic) bond motifs is 1. The molecule has 124 valence electrons. The van der Waals surface area contributed by atoms with Crippen molar-refractivity contribution >= 4 is 22.2 Å². The highest BCUT2D eigenvalue weighted by Crippen LogP contribution is 2.61. The van der Waals surface area contributed by atoms with Crippen LogP contribution in [-0.4, -0.2) is 28.1 Å². The fourth-order valence-corrected chi connectivity index (χ4v) is 4.54. The largest absolute Gasteiger partial charge is 0.467 e. The molecule has 1 heterocycles. The first-order valence-corrected chi connectivity index (χ1v) is 9.24. The molecule has 1 atom stereocenters. The van der Waals surface area contributed by atoms with Gasteiger partial charge in [0.25, 0.3) is 0 Å². The van der Waals surface area contributed by atoms with E-state index in [1.807, 2.05) is 61.6 Å². The Labute approximate surface area is 138 Å². The van der Waals surface area contributed by atoms with E-state index in [-0.39, 0.29) is 0 Å². The average molecular weight is 334 g/mol. The minimum absolute atomic E-state index is 0.570. The van der Waals surface area contributed by atoms with Crippen LogP contribution in [0.15, 0.2) is 54.6 Å². The predicted octanol–water partition coefficient (Wildman–Crippen LogP) is 4.21. The van der Waals surface area contributed by atoms with E-state index in [2.05, 4.69) is 5.32 Å². The second-order valence-electron chi connectivity index (χ2n) is 5.45. The second-order valence-corrected chi connectivity index (χ2v) is 7.47. The zero-order valence-electron chi connectivity index (χ0n) is 13.1. The van der Waals surface area contributed by atoms with Gasteiger partial charge in [0.15, 0.2) is 0 Å². The highest BCUT2D eigenvalue weighted by Gasteiger charge is 2.40. The smallest absolute Gasteiger partial charge is 0.206 e. The summed E-state index contributed by atoms with van der Waals surface area (Å²) >= 11 is 0. The van der Waals surface area contributed by atoms with Crippen molar-refractivity contribution in [2.45, 2.75) is 18.3 Å². The van der Waals surface area contributed by atoms with Crippen LogP contribution in [0.25, 0.3) is 0 Å². The highest BCUT2D eigenvalue weighted by molar-refractivity contribution is 8.26. The summed E-state index contributed by atoms with van der Waals surface area (Å²) in [4.78, 5) is 0. The van der Waals surface area contributed by atoms with Crippen LogP contribution in [0.4, 0.5) is 11.4 Å². The third-order valence-corrected chi connectivity index (χ3v) is 5.80. The third kappa shape index (κ3) is 3.16. The first kappa shape index (κ1) is 16.1. The zero-order chi connectivity index (χ0) is 16.3. The van der Waals surface area contributed by atoms with Gasteiger partial charge in [-0.15, -0.1) is 0 Å². The molecule has 0 amide bonds.